The van der Waals surface area contributed by atoms with Gasteiger partial charge in [-0.1, -0.05) is 64.0 Å². The molecule has 0 fully saturated rings. The smallest absolute Gasteiger partial charge is 0.213 e. The zero-order chi connectivity index (χ0) is 18.5. The molecule has 0 aromatic heterocycles. The summed E-state index contributed by atoms with van der Waals surface area (Å²) in [7, 11) is 0. The highest BCUT2D eigenvalue weighted by atomic mass is 16.4. The van der Waals surface area contributed by atoms with Gasteiger partial charge in [0.2, 0.25) is 5.84 Å². The Labute approximate surface area is 152 Å². The minimum absolute atomic E-state index is 0.0600. The highest BCUT2D eigenvalue weighted by Crippen LogP contribution is 2.21. The number of allylic oxidation sites excluding steroid dienone is 1. The molecule has 0 aromatic carbocycles. The molecule has 0 bridgehead atoms. The lowest BCUT2D eigenvalue weighted by atomic mass is 10.1. The largest absolute Gasteiger partial charge is 0.544 e. The summed E-state index contributed by atoms with van der Waals surface area (Å²) in [4.78, 5) is 15.4. The first-order valence-corrected chi connectivity index (χ1v) is 9.75. The van der Waals surface area contributed by atoms with Crippen molar-refractivity contribution in [2.45, 2.75) is 84.2 Å². The molecular formula is C20H35N3O2. The Kier molecular flexibility index (Phi) is 10.3. The number of carbonyl (C=O) groups is 1. The number of nitrogens with zero attached hydrogens (tertiary/aromatic N) is 2. The SMILES string of the molecule is CCCCCCCCCC/C=C/CC1=NC=C[N+]1(CC(=O)[O-])C(C)N. The highest BCUT2D eigenvalue weighted by molar-refractivity contribution is 5.82. The Bertz CT molecular complexity index is 483. The minimum atomic E-state index is -1.11. The van der Waals surface area contributed by atoms with Crippen molar-refractivity contribution in [1.29, 1.82) is 0 Å². The van der Waals surface area contributed by atoms with Crippen LogP contribution in [0.4, 0.5) is 0 Å². The molecule has 5 nitrogen and oxygen atoms in total. The summed E-state index contributed by atoms with van der Waals surface area (Å²) in [6.45, 7) is 3.88. The van der Waals surface area contributed by atoms with Gasteiger partial charge in [-0.3, -0.25) is 5.73 Å². The number of quaternary nitrogens is 1. The number of carbonyl (C=O) groups excluding carboxylic acids is 1. The van der Waals surface area contributed by atoms with Gasteiger partial charge < -0.3 is 9.90 Å². The zero-order valence-electron chi connectivity index (χ0n) is 16.0. The van der Waals surface area contributed by atoms with Crippen molar-refractivity contribution in [3.05, 3.63) is 24.6 Å². The molecule has 0 spiro atoms. The number of amidine groups is 1. The molecular weight excluding hydrogens is 314 g/mol. The molecule has 1 aliphatic rings. The van der Waals surface area contributed by atoms with Gasteiger partial charge in [-0.15, -0.1) is 0 Å². The Morgan fingerprint density at radius 3 is 2.44 bits per heavy atom. The van der Waals surface area contributed by atoms with E-state index in [1.165, 1.54) is 51.4 Å². The second-order valence-corrected chi connectivity index (χ2v) is 6.98. The number of hydrogen-bond donors (Lipinski definition) is 1. The summed E-state index contributed by atoms with van der Waals surface area (Å²) in [5.41, 5.74) is 6.03. The van der Waals surface area contributed by atoms with E-state index in [0.717, 1.165) is 12.3 Å². The molecule has 1 heterocycles. The molecule has 1 rings (SSSR count). The van der Waals surface area contributed by atoms with E-state index in [1.54, 1.807) is 19.3 Å². The molecule has 0 amide bonds. The van der Waals surface area contributed by atoms with Crippen molar-refractivity contribution >= 4 is 11.8 Å². The topological polar surface area (TPSA) is 78.5 Å². The summed E-state index contributed by atoms with van der Waals surface area (Å²) in [5.74, 6) is -0.342. The number of rotatable bonds is 14. The summed E-state index contributed by atoms with van der Waals surface area (Å²) < 4.78 is 0.0600. The van der Waals surface area contributed by atoms with Crippen LogP contribution in [0.5, 0.6) is 0 Å². The van der Waals surface area contributed by atoms with Gasteiger partial charge in [-0.25, -0.2) is 9.48 Å². The van der Waals surface area contributed by atoms with Gasteiger partial charge in [-0.05, 0) is 12.8 Å². The van der Waals surface area contributed by atoms with Gasteiger partial charge in [0.05, 0.1) is 18.6 Å². The van der Waals surface area contributed by atoms with E-state index < -0.39 is 5.97 Å². The van der Waals surface area contributed by atoms with Crippen LogP contribution in [0, 0.1) is 0 Å². The van der Waals surface area contributed by atoms with Crippen LogP contribution in [0.3, 0.4) is 0 Å². The monoisotopic (exact) mass is 349 g/mol. The van der Waals surface area contributed by atoms with Crippen molar-refractivity contribution < 1.29 is 14.4 Å². The lowest BCUT2D eigenvalue weighted by molar-refractivity contribution is -0.807. The van der Waals surface area contributed by atoms with Crippen LogP contribution in [0.15, 0.2) is 29.5 Å². The van der Waals surface area contributed by atoms with Crippen molar-refractivity contribution in [3.8, 4) is 0 Å². The van der Waals surface area contributed by atoms with Gasteiger partial charge in [-0.2, -0.15) is 0 Å². The third kappa shape index (κ3) is 7.53. The maximum atomic E-state index is 11.1. The second kappa shape index (κ2) is 12.0. The number of nitrogens with two attached hydrogens (primary N) is 1. The number of aliphatic carboxylic acids is 1. The molecule has 2 N–H and O–H groups in total. The normalized spacial score (nSPS) is 21.0. The molecule has 0 aliphatic carbocycles. The maximum Gasteiger partial charge on any atom is 0.213 e. The molecule has 1 aliphatic heterocycles. The predicted molar refractivity (Wildman–Crippen MR) is 101 cm³/mol. The summed E-state index contributed by atoms with van der Waals surface area (Å²) in [6, 6.07) is 0. The quantitative estimate of drug-likeness (QED) is 0.297. The average molecular weight is 350 g/mol. The van der Waals surface area contributed by atoms with E-state index in [0.29, 0.717) is 6.42 Å². The molecule has 2 unspecified atom stereocenters. The fourth-order valence-electron chi connectivity index (χ4n) is 3.23. The minimum Gasteiger partial charge on any atom is -0.544 e. The molecule has 0 aromatic rings. The molecule has 0 saturated heterocycles. The predicted octanol–water partition coefficient (Wildman–Crippen LogP) is 3.22. The van der Waals surface area contributed by atoms with Crippen LogP contribution in [-0.2, 0) is 4.79 Å². The van der Waals surface area contributed by atoms with Crippen LogP contribution < -0.4 is 10.8 Å². The number of carboxylic acid groups (broad SMARTS) is 1. The average Bonchev–Trinajstić information content (AvgIpc) is 2.96. The molecule has 25 heavy (non-hydrogen) atoms. The van der Waals surface area contributed by atoms with Crippen LogP contribution in [-0.4, -0.2) is 29.0 Å². The third-order valence-corrected chi connectivity index (χ3v) is 4.85. The first kappa shape index (κ1) is 21.6. The van der Waals surface area contributed by atoms with E-state index >= 15 is 0 Å². The fraction of sp³-hybridized carbons (Fsp3) is 0.700. The summed E-state index contributed by atoms with van der Waals surface area (Å²) in [6.07, 6.45) is 19.5. The van der Waals surface area contributed by atoms with Gasteiger partial charge in [0, 0.05) is 6.92 Å². The van der Waals surface area contributed by atoms with Crippen LogP contribution >= 0.6 is 0 Å². The molecule has 5 heteroatoms. The third-order valence-electron chi connectivity index (χ3n) is 4.85. The van der Waals surface area contributed by atoms with E-state index in [-0.39, 0.29) is 17.2 Å². The number of carboxylic acids is 1. The lowest BCUT2D eigenvalue weighted by Crippen LogP contribution is -2.60. The summed E-state index contributed by atoms with van der Waals surface area (Å²) >= 11 is 0. The van der Waals surface area contributed by atoms with Crippen LogP contribution in [0.25, 0.3) is 0 Å². The van der Waals surface area contributed by atoms with E-state index in [2.05, 4.69) is 24.1 Å². The number of hydrogen-bond acceptors (Lipinski definition) is 4. The number of unbranched alkanes of at least 4 members (excludes halogenated alkanes) is 8. The van der Waals surface area contributed by atoms with Gasteiger partial charge in [0.1, 0.15) is 18.9 Å². The van der Waals surface area contributed by atoms with Crippen molar-refractivity contribution in [1.82, 2.24) is 0 Å². The first-order chi connectivity index (χ1) is 12.0. The Balaban J connectivity index is 2.26. The standard InChI is InChI=1S/C20H35N3O2/c1-3-4-5-6-7-8-9-10-11-12-13-14-19-22-15-16-23(19,18(2)21)17-20(24)25/h12-13,15-16,18H,3-11,14,17,21H2,1-2H3/b13-12+. The Hall–Kier alpha value is -1.46. The zero-order valence-corrected chi connectivity index (χ0v) is 16.0. The first-order valence-electron chi connectivity index (χ1n) is 9.75. The Morgan fingerprint density at radius 1 is 1.20 bits per heavy atom. The van der Waals surface area contributed by atoms with Crippen LogP contribution in [0.2, 0.25) is 0 Å². The Morgan fingerprint density at radius 2 is 1.84 bits per heavy atom. The molecule has 142 valence electrons. The van der Waals surface area contributed by atoms with Crippen LogP contribution in [0.1, 0.15) is 78.1 Å². The fourth-order valence-corrected chi connectivity index (χ4v) is 3.23. The highest BCUT2D eigenvalue weighted by Gasteiger charge is 2.38. The lowest BCUT2D eigenvalue weighted by Gasteiger charge is -2.35. The van der Waals surface area contributed by atoms with Gasteiger partial charge >= 0.3 is 0 Å². The van der Waals surface area contributed by atoms with E-state index in [1.807, 2.05) is 0 Å². The molecule has 0 radical (unpaired) electrons. The van der Waals surface area contributed by atoms with Gasteiger partial charge in [0.25, 0.3) is 0 Å². The van der Waals surface area contributed by atoms with E-state index in [9.17, 15) is 9.90 Å². The molecule has 2 atom stereocenters. The van der Waals surface area contributed by atoms with Gasteiger partial charge in [0.15, 0.2) is 0 Å². The molecule has 0 saturated carbocycles. The van der Waals surface area contributed by atoms with Crippen molar-refractivity contribution in [2.24, 2.45) is 10.7 Å². The van der Waals surface area contributed by atoms with E-state index in [4.69, 9.17) is 5.73 Å². The van der Waals surface area contributed by atoms with Crippen molar-refractivity contribution in [3.63, 3.8) is 0 Å². The second-order valence-electron chi connectivity index (χ2n) is 6.98. The maximum absolute atomic E-state index is 11.1. The number of aliphatic imine (C=N–C) groups is 1. The van der Waals surface area contributed by atoms with Crippen molar-refractivity contribution in [2.75, 3.05) is 6.54 Å². The summed E-state index contributed by atoms with van der Waals surface area (Å²) in [5, 5.41) is 11.1.